The first kappa shape index (κ1) is 48.6. The second-order valence-electron chi connectivity index (χ2n) is 15.5. The zero-order valence-corrected chi connectivity index (χ0v) is 36.4. The van der Waals surface area contributed by atoms with Crippen LogP contribution >= 0.6 is 0 Å². The lowest BCUT2D eigenvalue weighted by atomic mass is 9.93. The number of hydrogen-bond donors (Lipinski definition) is 7. The number of aryl methyl sites for hydroxylation is 2. The number of nitriles is 1. The van der Waals surface area contributed by atoms with E-state index in [-0.39, 0.29) is 52.2 Å². The lowest BCUT2D eigenvalue weighted by Gasteiger charge is -2.32. The maximum absolute atomic E-state index is 14.6. The predicted molar refractivity (Wildman–Crippen MR) is 237 cm³/mol. The zero-order chi connectivity index (χ0) is 45.2. The predicted octanol–water partition coefficient (Wildman–Crippen LogP) is 2.68. The molecule has 4 atom stereocenters. The van der Waals surface area contributed by atoms with Gasteiger partial charge in [0.25, 0.3) is 5.91 Å². The molecule has 0 aliphatic carbocycles. The van der Waals surface area contributed by atoms with Gasteiger partial charge in [-0.3, -0.25) is 24.0 Å². The molecule has 4 rings (SSSR count). The Morgan fingerprint density at radius 1 is 0.887 bits per heavy atom. The van der Waals surface area contributed by atoms with E-state index in [4.69, 9.17) is 31.9 Å². The number of carbonyl (C=O) groups excluding carboxylic acids is 5. The largest absolute Gasteiger partial charge is 0.492 e. The van der Waals surface area contributed by atoms with Crippen LogP contribution in [0.25, 0.3) is 11.1 Å². The van der Waals surface area contributed by atoms with E-state index in [1.54, 1.807) is 42.5 Å². The van der Waals surface area contributed by atoms with Gasteiger partial charge in [-0.1, -0.05) is 56.9 Å². The Bertz CT molecular complexity index is 2070. The van der Waals surface area contributed by atoms with Gasteiger partial charge in [-0.05, 0) is 92.2 Å². The maximum Gasteiger partial charge on any atom is 0.252 e. The van der Waals surface area contributed by atoms with Crippen LogP contribution < -0.4 is 47.9 Å². The van der Waals surface area contributed by atoms with Crippen molar-refractivity contribution in [1.29, 1.82) is 5.26 Å². The van der Waals surface area contributed by atoms with Crippen molar-refractivity contribution in [2.24, 2.45) is 17.2 Å². The van der Waals surface area contributed by atoms with Gasteiger partial charge in [-0.25, -0.2) is 0 Å². The average molecular weight is 854 g/mol. The number of fused-ring (bicyclic) bond motifs is 5. The zero-order valence-electron chi connectivity index (χ0n) is 36.4. The van der Waals surface area contributed by atoms with Crippen LogP contribution in [0.3, 0.4) is 0 Å². The van der Waals surface area contributed by atoms with Crippen molar-refractivity contribution in [2.45, 2.75) is 96.3 Å². The molecule has 5 amide bonds. The van der Waals surface area contributed by atoms with Crippen molar-refractivity contribution < 1.29 is 33.4 Å². The lowest BCUT2D eigenvalue weighted by Crippen LogP contribution is -2.56. The van der Waals surface area contributed by atoms with Gasteiger partial charge in [0.1, 0.15) is 55.4 Å². The molecule has 1 aliphatic rings. The summed E-state index contributed by atoms with van der Waals surface area (Å²) in [5, 5.41) is 20.0. The molecule has 0 fully saturated rings. The summed E-state index contributed by atoms with van der Waals surface area (Å²) in [6.45, 7) is 5.99. The third-order valence-electron chi connectivity index (χ3n) is 10.7. The molecule has 0 saturated carbocycles. The quantitative estimate of drug-likeness (QED) is 0.0643. The van der Waals surface area contributed by atoms with E-state index in [0.717, 1.165) is 30.4 Å². The van der Waals surface area contributed by atoms with Gasteiger partial charge in [-0.15, -0.1) is 0 Å². The maximum atomic E-state index is 14.6. The van der Waals surface area contributed by atoms with Crippen molar-refractivity contribution in [3.05, 3.63) is 82.4 Å². The van der Waals surface area contributed by atoms with E-state index in [9.17, 15) is 24.0 Å². The van der Waals surface area contributed by atoms with Gasteiger partial charge >= 0.3 is 0 Å². The molecule has 0 saturated heterocycles. The monoisotopic (exact) mass is 853 g/mol. The highest BCUT2D eigenvalue weighted by atomic mass is 16.5. The van der Waals surface area contributed by atoms with Crippen LogP contribution in [0, 0.1) is 18.3 Å². The first-order valence-electron chi connectivity index (χ1n) is 21.4. The number of nitrogens with one attached hydrogen (secondary N) is 4. The summed E-state index contributed by atoms with van der Waals surface area (Å²) < 4.78 is 12.2. The second kappa shape index (κ2) is 24.4. The molecule has 0 spiro atoms. The van der Waals surface area contributed by atoms with Crippen LogP contribution in [0.5, 0.6) is 11.5 Å². The van der Waals surface area contributed by atoms with Gasteiger partial charge in [0.05, 0.1) is 6.07 Å². The van der Waals surface area contributed by atoms with Crippen LogP contribution in [0.15, 0.2) is 54.6 Å². The number of ether oxygens (including phenoxy) is 2. The molecular weight excluding hydrogens is 791 g/mol. The number of hydrogen-bond acceptors (Lipinski definition) is 11. The summed E-state index contributed by atoms with van der Waals surface area (Å²) in [5.74, 6) is -2.26. The number of unbranched alkanes of at least 4 members (excludes halogenated alkanes) is 4. The van der Waals surface area contributed by atoms with Gasteiger partial charge in [-0.2, -0.15) is 5.26 Å². The summed E-state index contributed by atoms with van der Waals surface area (Å²) in [6, 6.07) is 13.0. The van der Waals surface area contributed by atoms with Crippen molar-refractivity contribution in [2.75, 3.05) is 46.4 Å². The van der Waals surface area contributed by atoms with Crippen LogP contribution in [0.4, 0.5) is 0 Å². The highest BCUT2D eigenvalue weighted by Gasteiger charge is 2.36. The SMILES string of the molecule is CCCCCCCc1ccc(C(=O)NC(CCN)C(=O)N(C)C2C(=O)NC(C)C(=O)NC(C(=O)NCC#N)Cc3ccc(OCCN)c(c3)-c3cc2ccc3OCCN)c(C)c1. The van der Waals surface area contributed by atoms with Crippen molar-refractivity contribution in [1.82, 2.24) is 26.2 Å². The molecule has 0 aromatic heterocycles. The fourth-order valence-electron chi connectivity index (χ4n) is 7.43. The van der Waals surface area contributed by atoms with Gasteiger partial charge in [0.2, 0.25) is 23.6 Å². The fraction of sp³-hybridized carbons (Fsp3) is 0.478. The Hall–Kier alpha value is -6.02. The van der Waals surface area contributed by atoms with Crippen LogP contribution in [0.1, 0.15) is 91.0 Å². The van der Waals surface area contributed by atoms with E-state index < -0.39 is 53.7 Å². The van der Waals surface area contributed by atoms with Gasteiger partial charge < -0.3 is 52.8 Å². The van der Waals surface area contributed by atoms with E-state index in [1.165, 1.54) is 38.1 Å². The summed E-state index contributed by atoms with van der Waals surface area (Å²) in [7, 11) is 1.45. The molecule has 1 aliphatic heterocycles. The number of nitrogens with zero attached hydrogens (tertiary/aromatic N) is 2. The van der Waals surface area contributed by atoms with Crippen molar-refractivity contribution >= 4 is 29.5 Å². The smallest absolute Gasteiger partial charge is 0.252 e. The molecule has 3 aromatic rings. The number of likely N-dealkylation sites (N-methyl/N-ethyl adjacent to an activating group) is 1. The number of amides is 5. The van der Waals surface area contributed by atoms with Crippen LogP contribution in [-0.2, 0) is 32.0 Å². The first-order chi connectivity index (χ1) is 29.9. The van der Waals surface area contributed by atoms with E-state index in [0.29, 0.717) is 39.3 Å². The van der Waals surface area contributed by atoms with Crippen LogP contribution in [-0.4, -0.2) is 99.0 Å². The molecule has 1 heterocycles. The minimum absolute atomic E-state index is 0.0173. The summed E-state index contributed by atoms with van der Waals surface area (Å²) >= 11 is 0. The molecule has 334 valence electrons. The number of carbonyl (C=O) groups is 5. The first-order valence-corrected chi connectivity index (χ1v) is 21.4. The lowest BCUT2D eigenvalue weighted by molar-refractivity contribution is -0.141. The molecule has 4 bridgehead atoms. The molecule has 4 unspecified atom stereocenters. The van der Waals surface area contributed by atoms with Crippen LogP contribution in [0.2, 0.25) is 0 Å². The third-order valence-corrected chi connectivity index (χ3v) is 10.7. The van der Waals surface area contributed by atoms with E-state index in [2.05, 4.69) is 28.2 Å². The highest BCUT2D eigenvalue weighted by molar-refractivity contribution is 6.00. The van der Waals surface area contributed by atoms with Crippen molar-refractivity contribution in [3.8, 4) is 28.7 Å². The molecular formula is C46H63N9O7. The Morgan fingerprint density at radius 2 is 1.56 bits per heavy atom. The standard InChI is InChI=1S/C46H63N9O7/c1-5-6-7-8-9-10-31-11-14-34(29(2)25-31)43(57)53-37(17-18-47)46(60)55(4)41-33-13-16-40(62-24-21-50)36(28-33)35-26-32(12-15-39(35)61-23-20-49)27-38(44(58)51-22-19-48)54-42(56)30(3)52-45(41)59/h11-16,25-26,28,30,37-38,41H,5-10,17-18,20-24,27,47,49-50H2,1-4H3,(H,51,58)(H,52,59)(H,53,57)(H,54,56). The molecule has 62 heavy (non-hydrogen) atoms. The minimum atomic E-state index is -1.36. The molecule has 16 heteroatoms. The van der Waals surface area contributed by atoms with E-state index >= 15 is 0 Å². The fourth-order valence-corrected chi connectivity index (χ4v) is 7.43. The summed E-state index contributed by atoms with van der Waals surface area (Å²) in [4.78, 5) is 71.1. The van der Waals surface area contributed by atoms with Gasteiger partial charge in [0.15, 0.2) is 0 Å². The topological polar surface area (TPSA) is 257 Å². The number of benzene rings is 3. The Kier molecular flexibility index (Phi) is 19.2. The highest BCUT2D eigenvalue weighted by Crippen LogP contribution is 2.40. The summed E-state index contributed by atoms with van der Waals surface area (Å²) in [5.41, 5.74) is 21.9. The Morgan fingerprint density at radius 3 is 2.21 bits per heavy atom. The molecule has 10 N–H and O–H groups in total. The molecule has 3 aromatic carbocycles. The number of nitrogens with two attached hydrogens (primary N) is 3. The number of rotatable bonds is 20. The van der Waals surface area contributed by atoms with E-state index in [1.807, 2.05) is 25.1 Å². The third kappa shape index (κ3) is 13.2. The van der Waals surface area contributed by atoms with Crippen molar-refractivity contribution in [3.63, 3.8) is 0 Å². The Balaban J connectivity index is 1.78. The normalized spacial score (nSPS) is 16.7. The molecule has 16 nitrogen and oxygen atoms in total. The second-order valence-corrected chi connectivity index (χ2v) is 15.5. The summed E-state index contributed by atoms with van der Waals surface area (Å²) in [6.07, 6.45) is 6.77. The minimum Gasteiger partial charge on any atom is -0.492 e. The Labute approximate surface area is 364 Å². The van der Waals surface area contributed by atoms with Gasteiger partial charge in [0, 0.05) is 43.2 Å². The molecule has 0 radical (unpaired) electrons. The average Bonchev–Trinajstić information content (AvgIpc) is 3.26.